The molecule has 0 bridgehead atoms. The number of benzene rings is 1. The smallest absolute Gasteiger partial charge is 0.317 e. The van der Waals surface area contributed by atoms with E-state index in [1.54, 1.807) is 0 Å². The van der Waals surface area contributed by atoms with Crippen LogP contribution in [0.25, 0.3) is 0 Å². The largest absolute Gasteiger partial charge is 0.363 e. The highest BCUT2D eigenvalue weighted by Crippen LogP contribution is 2.34. The van der Waals surface area contributed by atoms with Crippen LogP contribution < -0.4 is 16.0 Å². The Morgan fingerprint density at radius 2 is 1.97 bits per heavy atom. The number of ether oxygens (including phenoxy) is 1. The van der Waals surface area contributed by atoms with Gasteiger partial charge >= 0.3 is 6.03 Å². The number of likely N-dealkylation sites (tertiary alicyclic amines) is 1. The molecular weight excluding hydrogens is 476 g/mol. The second-order valence-electron chi connectivity index (χ2n) is 10.4. The lowest BCUT2D eigenvalue weighted by molar-refractivity contribution is -0.129. The first-order chi connectivity index (χ1) is 17.5. The van der Waals surface area contributed by atoms with Gasteiger partial charge in [0.1, 0.15) is 6.61 Å². The van der Waals surface area contributed by atoms with E-state index in [2.05, 4.69) is 16.0 Å². The number of hydrogen-bond donors (Lipinski definition) is 3. The average Bonchev–Trinajstić information content (AvgIpc) is 2.88. The molecule has 1 aliphatic carbocycles. The van der Waals surface area contributed by atoms with Crippen molar-refractivity contribution in [1.82, 2.24) is 20.9 Å². The lowest BCUT2D eigenvalue weighted by Gasteiger charge is -2.38. The Labute approximate surface area is 222 Å². The molecule has 3 N–H and O–H groups in total. The lowest BCUT2D eigenvalue weighted by atomic mass is 9.85. The number of likely N-dealkylation sites (N-methyl/N-ethyl adjacent to an activating group) is 1. The third-order valence-corrected chi connectivity index (χ3v) is 7.67. The van der Waals surface area contributed by atoms with Gasteiger partial charge in [0.05, 0.1) is 6.10 Å². The number of carbonyl (C=O) groups excluding carboxylic acids is 2. The predicted molar refractivity (Wildman–Crippen MR) is 145 cm³/mol. The fourth-order valence-electron chi connectivity index (χ4n) is 5.64. The first kappa shape index (κ1) is 28.7. The summed E-state index contributed by atoms with van der Waals surface area (Å²) < 4.78 is 6.19. The number of nitrogens with one attached hydrogen (secondary N) is 3. The molecule has 2 aliphatic rings. The normalized spacial score (nSPS) is 20.5. The van der Waals surface area contributed by atoms with Gasteiger partial charge in [-0.05, 0) is 56.3 Å². The zero-order valence-electron chi connectivity index (χ0n) is 22.1. The maximum Gasteiger partial charge on any atom is 0.317 e. The van der Waals surface area contributed by atoms with Gasteiger partial charge in [0.15, 0.2) is 0 Å². The molecule has 2 fully saturated rings. The Hall–Kier alpha value is -1.83. The van der Waals surface area contributed by atoms with E-state index < -0.39 is 0 Å². The van der Waals surface area contributed by atoms with Crippen LogP contribution in [-0.2, 0) is 9.53 Å². The summed E-state index contributed by atoms with van der Waals surface area (Å²) >= 11 is 6.29. The van der Waals surface area contributed by atoms with Crippen molar-refractivity contribution in [2.75, 3.05) is 39.8 Å². The number of halogens is 1. The summed E-state index contributed by atoms with van der Waals surface area (Å²) in [5.74, 6) is 0.668. The summed E-state index contributed by atoms with van der Waals surface area (Å²) in [7, 11) is 1.94. The van der Waals surface area contributed by atoms with Crippen molar-refractivity contribution in [3.63, 3.8) is 0 Å². The first-order valence-corrected chi connectivity index (χ1v) is 14.2. The Morgan fingerprint density at radius 1 is 1.17 bits per heavy atom. The van der Waals surface area contributed by atoms with Crippen LogP contribution in [0.15, 0.2) is 24.3 Å². The maximum atomic E-state index is 13.3. The molecule has 202 valence electrons. The standard InChI is InChI=1S/C28H45ClN4O3/c1-3-14-31-26(34)20-36-27(22-11-7-13-24(29)17-22)23-12-8-15-33(19-23)28(35)32-25(18-30-2)16-21-9-5-4-6-10-21/h7,11,13,17,21,23,25,27,30H,3-6,8-10,12,14-16,18-20H2,1-2H3,(H,31,34)(H,32,35)/t23-,25+,27?/m1/s1. The van der Waals surface area contributed by atoms with Gasteiger partial charge in [-0.3, -0.25) is 4.79 Å². The van der Waals surface area contributed by atoms with Gasteiger partial charge < -0.3 is 25.6 Å². The predicted octanol–water partition coefficient (Wildman–Crippen LogP) is 4.90. The molecule has 1 aliphatic heterocycles. The van der Waals surface area contributed by atoms with Gasteiger partial charge in [0.2, 0.25) is 5.91 Å². The van der Waals surface area contributed by atoms with Crippen LogP contribution in [0.3, 0.4) is 0 Å². The van der Waals surface area contributed by atoms with Gasteiger partial charge in [-0.25, -0.2) is 4.79 Å². The Kier molecular flexibility index (Phi) is 12.3. The Balaban J connectivity index is 1.64. The molecule has 0 aromatic heterocycles. The minimum Gasteiger partial charge on any atom is -0.363 e. The third kappa shape index (κ3) is 9.24. The highest BCUT2D eigenvalue weighted by atomic mass is 35.5. The highest BCUT2D eigenvalue weighted by Gasteiger charge is 2.32. The van der Waals surface area contributed by atoms with Gasteiger partial charge in [-0.2, -0.15) is 0 Å². The number of amides is 3. The molecule has 1 saturated heterocycles. The highest BCUT2D eigenvalue weighted by molar-refractivity contribution is 6.30. The van der Waals surface area contributed by atoms with Crippen LogP contribution in [0.4, 0.5) is 4.79 Å². The van der Waals surface area contributed by atoms with Crippen LogP contribution >= 0.6 is 11.6 Å². The van der Waals surface area contributed by atoms with E-state index in [1.807, 2.05) is 43.1 Å². The van der Waals surface area contributed by atoms with Crippen molar-refractivity contribution in [3.05, 3.63) is 34.9 Å². The fourth-order valence-corrected chi connectivity index (χ4v) is 5.84. The molecule has 36 heavy (non-hydrogen) atoms. The van der Waals surface area contributed by atoms with E-state index in [1.165, 1.54) is 32.1 Å². The maximum absolute atomic E-state index is 13.3. The van der Waals surface area contributed by atoms with Crippen molar-refractivity contribution >= 4 is 23.5 Å². The third-order valence-electron chi connectivity index (χ3n) is 7.44. The van der Waals surface area contributed by atoms with Gasteiger partial charge in [-0.15, -0.1) is 0 Å². The second-order valence-corrected chi connectivity index (χ2v) is 10.9. The molecule has 3 rings (SSSR count). The molecule has 3 atom stereocenters. The Morgan fingerprint density at radius 3 is 2.69 bits per heavy atom. The molecule has 1 saturated carbocycles. The number of carbonyl (C=O) groups is 2. The van der Waals surface area contributed by atoms with Gasteiger partial charge in [0, 0.05) is 43.2 Å². The molecule has 0 radical (unpaired) electrons. The number of urea groups is 1. The first-order valence-electron chi connectivity index (χ1n) is 13.8. The van der Waals surface area contributed by atoms with Crippen LogP contribution in [-0.4, -0.2) is 62.7 Å². The molecule has 1 aromatic rings. The molecule has 1 unspecified atom stereocenters. The summed E-state index contributed by atoms with van der Waals surface area (Å²) in [5.41, 5.74) is 0.948. The molecule has 7 nitrogen and oxygen atoms in total. The minimum atomic E-state index is -0.304. The molecule has 0 spiro atoms. The van der Waals surface area contributed by atoms with Crippen molar-refractivity contribution in [2.45, 2.75) is 76.9 Å². The monoisotopic (exact) mass is 520 g/mol. The molecule has 3 amide bonds. The van der Waals surface area contributed by atoms with Gasteiger partial charge in [-0.1, -0.05) is 62.8 Å². The quantitative estimate of drug-likeness (QED) is 0.366. The van der Waals surface area contributed by atoms with E-state index in [4.69, 9.17) is 16.3 Å². The fraction of sp³-hybridized carbons (Fsp3) is 0.714. The van der Waals surface area contributed by atoms with Crippen LogP contribution in [0, 0.1) is 11.8 Å². The molecular formula is C28H45ClN4O3. The van der Waals surface area contributed by atoms with Gasteiger partial charge in [0.25, 0.3) is 0 Å². The van der Waals surface area contributed by atoms with E-state index in [0.29, 0.717) is 24.0 Å². The number of rotatable bonds is 12. The lowest BCUT2D eigenvalue weighted by Crippen LogP contribution is -2.52. The van der Waals surface area contributed by atoms with Crippen LogP contribution in [0.5, 0.6) is 0 Å². The summed E-state index contributed by atoms with van der Waals surface area (Å²) in [6.45, 7) is 4.75. The summed E-state index contributed by atoms with van der Waals surface area (Å²) in [6.07, 6.45) is 9.93. The number of hydrogen-bond acceptors (Lipinski definition) is 4. The molecule has 1 aromatic carbocycles. The molecule has 8 heteroatoms. The summed E-state index contributed by atoms with van der Waals surface area (Å²) in [4.78, 5) is 27.5. The van der Waals surface area contributed by atoms with Crippen LogP contribution in [0.1, 0.15) is 76.4 Å². The average molecular weight is 521 g/mol. The van der Waals surface area contributed by atoms with Crippen molar-refractivity contribution in [3.8, 4) is 0 Å². The zero-order chi connectivity index (χ0) is 25.8. The van der Waals surface area contributed by atoms with Crippen molar-refractivity contribution in [1.29, 1.82) is 0 Å². The Bertz CT molecular complexity index is 818. The van der Waals surface area contributed by atoms with Crippen molar-refractivity contribution < 1.29 is 14.3 Å². The van der Waals surface area contributed by atoms with E-state index in [0.717, 1.165) is 44.3 Å². The number of piperidine rings is 1. The summed E-state index contributed by atoms with van der Waals surface area (Å²) in [6, 6.07) is 7.78. The van der Waals surface area contributed by atoms with E-state index in [-0.39, 0.29) is 36.6 Å². The zero-order valence-corrected chi connectivity index (χ0v) is 22.8. The topological polar surface area (TPSA) is 82.7 Å². The second kappa shape index (κ2) is 15.4. The molecule has 1 heterocycles. The number of nitrogens with zero attached hydrogens (tertiary/aromatic N) is 1. The van der Waals surface area contributed by atoms with Crippen LogP contribution in [0.2, 0.25) is 5.02 Å². The SMILES string of the molecule is CCCNC(=O)COC(c1cccc(Cl)c1)[C@@H]1CCCN(C(=O)N[C@H](CNC)CC2CCCCC2)C1. The minimum absolute atomic E-state index is 0.00120. The van der Waals surface area contributed by atoms with E-state index in [9.17, 15) is 9.59 Å². The van der Waals surface area contributed by atoms with E-state index >= 15 is 0 Å². The van der Waals surface area contributed by atoms with Crippen molar-refractivity contribution in [2.24, 2.45) is 11.8 Å². The summed E-state index contributed by atoms with van der Waals surface area (Å²) in [5, 5.41) is 10.1.